The monoisotopic (exact) mass is 382 g/mol. The Balaban J connectivity index is 1.51. The second kappa shape index (κ2) is 8.93. The highest BCUT2D eigenvalue weighted by Crippen LogP contribution is 2.25. The van der Waals surface area contributed by atoms with Gasteiger partial charge in [0.05, 0.1) is 0 Å². The highest BCUT2D eigenvalue weighted by Gasteiger charge is 2.25. The topological polar surface area (TPSA) is 30.9 Å². The Hall–Kier alpha value is -1.50. The molecule has 0 aromatic heterocycles. The third-order valence-electron chi connectivity index (χ3n) is 5.21. The van der Waals surface area contributed by atoms with Crippen LogP contribution in [-0.4, -0.2) is 61.6 Å². The van der Waals surface area contributed by atoms with Crippen molar-refractivity contribution in [2.45, 2.75) is 25.0 Å². The summed E-state index contributed by atoms with van der Waals surface area (Å²) in [5, 5.41) is 4.20. The van der Waals surface area contributed by atoms with Crippen molar-refractivity contribution in [1.82, 2.24) is 10.2 Å². The third-order valence-corrected chi connectivity index (χ3v) is 6.58. The van der Waals surface area contributed by atoms with Gasteiger partial charge >= 0.3 is 0 Å². The molecule has 1 N–H and O–H groups in total. The van der Waals surface area contributed by atoms with E-state index in [1.165, 1.54) is 18.6 Å². The van der Waals surface area contributed by atoms with Crippen molar-refractivity contribution in [1.29, 1.82) is 0 Å². The van der Waals surface area contributed by atoms with Gasteiger partial charge in [0.25, 0.3) is 0 Å². The summed E-state index contributed by atoms with van der Waals surface area (Å²) >= 11 is 2.05. The molecular weight excluding hydrogens is 354 g/mol. The van der Waals surface area contributed by atoms with E-state index in [2.05, 4.69) is 27.0 Å². The first-order valence-corrected chi connectivity index (χ1v) is 10.4. The Labute approximate surface area is 159 Å². The minimum atomic E-state index is -0.792. The molecule has 0 radical (unpaired) electrons. The Kier molecular flexibility index (Phi) is 6.62. The lowest BCUT2D eigenvalue weighted by molar-refractivity contribution is 0.402. The molecule has 2 fully saturated rings. The SMILES string of the molecule is CCC1CN(C(=NC)NCC2CCN(c3ccc(F)c(F)c3)C2)CCS1. The van der Waals surface area contributed by atoms with Crippen LogP contribution in [0.1, 0.15) is 19.8 Å². The van der Waals surface area contributed by atoms with E-state index >= 15 is 0 Å². The van der Waals surface area contributed by atoms with Crippen LogP contribution >= 0.6 is 11.8 Å². The first kappa shape index (κ1) is 19.3. The molecule has 144 valence electrons. The molecule has 2 atom stereocenters. The first-order chi connectivity index (χ1) is 12.6. The predicted octanol–water partition coefficient (Wildman–Crippen LogP) is 3.19. The molecule has 2 unspecified atom stereocenters. The van der Waals surface area contributed by atoms with E-state index < -0.39 is 11.6 Å². The lowest BCUT2D eigenvalue weighted by atomic mass is 10.1. The fraction of sp³-hybridized carbons (Fsp3) is 0.632. The van der Waals surface area contributed by atoms with Gasteiger partial charge in [0.2, 0.25) is 0 Å². The largest absolute Gasteiger partial charge is 0.371 e. The number of hydrogen-bond acceptors (Lipinski definition) is 3. The molecule has 0 spiro atoms. The van der Waals surface area contributed by atoms with Crippen molar-refractivity contribution in [2.75, 3.05) is 50.4 Å². The van der Waals surface area contributed by atoms with Crippen molar-refractivity contribution < 1.29 is 8.78 Å². The predicted molar refractivity (Wildman–Crippen MR) is 106 cm³/mol. The lowest BCUT2D eigenvalue weighted by Crippen LogP contribution is -2.49. The van der Waals surface area contributed by atoms with Crippen LogP contribution in [0.5, 0.6) is 0 Å². The molecule has 1 aromatic carbocycles. The number of hydrogen-bond donors (Lipinski definition) is 1. The second-order valence-electron chi connectivity index (χ2n) is 6.97. The molecule has 3 rings (SSSR count). The number of anilines is 1. The summed E-state index contributed by atoms with van der Waals surface area (Å²) in [4.78, 5) is 8.94. The highest BCUT2D eigenvalue weighted by molar-refractivity contribution is 8.00. The summed E-state index contributed by atoms with van der Waals surface area (Å²) < 4.78 is 26.6. The van der Waals surface area contributed by atoms with Crippen LogP contribution in [0.15, 0.2) is 23.2 Å². The quantitative estimate of drug-likeness (QED) is 0.640. The fourth-order valence-electron chi connectivity index (χ4n) is 3.64. The van der Waals surface area contributed by atoms with Gasteiger partial charge in [-0.25, -0.2) is 8.78 Å². The van der Waals surface area contributed by atoms with Crippen molar-refractivity contribution in [2.24, 2.45) is 10.9 Å². The van der Waals surface area contributed by atoms with E-state index in [4.69, 9.17) is 0 Å². The number of nitrogens with zero attached hydrogens (tertiary/aromatic N) is 3. The minimum Gasteiger partial charge on any atom is -0.371 e. The Bertz CT molecular complexity index is 640. The van der Waals surface area contributed by atoms with Gasteiger partial charge in [-0.3, -0.25) is 4.99 Å². The number of guanidine groups is 1. The van der Waals surface area contributed by atoms with Gasteiger partial charge < -0.3 is 15.1 Å². The van der Waals surface area contributed by atoms with E-state index in [1.54, 1.807) is 6.07 Å². The Morgan fingerprint density at radius 3 is 2.85 bits per heavy atom. The first-order valence-electron chi connectivity index (χ1n) is 9.38. The van der Waals surface area contributed by atoms with Gasteiger partial charge in [-0.1, -0.05) is 6.92 Å². The highest BCUT2D eigenvalue weighted by atomic mass is 32.2. The third kappa shape index (κ3) is 4.61. The molecule has 0 saturated carbocycles. The van der Waals surface area contributed by atoms with Crippen LogP contribution in [0.3, 0.4) is 0 Å². The zero-order valence-corrected chi connectivity index (χ0v) is 16.4. The van der Waals surface area contributed by atoms with Crippen LogP contribution < -0.4 is 10.2 Å². The van der Waals surface area contributed by atoms with E-state index in [9.17, 15) is 8.78 Å². The molecule has 2 aliphatic rings. The fourth-order valence-corrected chi connectivity index (χ4v) is 4.82. The van der Waals surface area contributed by atoms with E-state index in [1.807, 2.05) is 18.8 Å². The Morgan fingerprint density at radius 1 is 1.27 bits per heavy atom. The summed E-state index contributed by atoms with van der Waals surface area (Å²) in [7, 11) is 1.84. The molecule has 2 heterocycles. The molecule has 0 aliphatic carbocycles. The van der Waals surface area contributed by atoms with Gasteiger partial charge in [-0.2, -0.15) is 11.8 Å². The molecule has 2 saturated heterocycles. The number of aliphatic imine (C=N–C) groups is 1. The molecule has 2 aliphatic heterocycles. The van der Waals surface area contributed by atoms with Crippen molar-refractivity contribution in [3.63, 3.8) is 0 Å². The van der Waals surface area contributed by atoms with Gasteiger partial charge in [0.15, 0.2) is 17.6 Å². The second-order valence-corrected chi connectivity index (χ2v) is 8.38. The molecule has 0 bridgehead atoms. The van der Waals surface area contributed by atoms with Crippen LogP contribution in [0.25, 0.3) is 0 Å². The van der Waals surface area contributed by atoms with E-state index in [0.29, 0.717) is 11.2 Å². The number of nitrogens with one attached hydrogen (secondary N) is 1. The van der Waals surface area contributed by atoms with Crippen LogP contribution in [0.4, 0.5) is 14.5 Å². The average molecular weight is 383 g/mol. The minimum absolute atomic E-state index is 0.473. The smallest absolute Gasteiger partial charge is 0.193 e. The summed E-state index contributed by atoms with van der Waals surface area (Å²) in [6.07, 6.45) is 2.22. The molecular formula is C19H28F2N4S. The summed E-state index contributed by atoms with van der Waals surface area (Å²) in [6, 6.07) is 4.15. The van der Waals surface area contributed by atoms with Gasteiger partial charge in [0, 0.05) is 62.5 Å². The van der Waals surface area contributed by atoms with Crippen LogP contribution in [0.2, 0.25) is 0 Å². The van der Waals surface area contributed by atoms with Crippen molar-refractivity contribution in [3.8, 4) is 0 Å². The van der Waals surface area contributed by atoms with Gasteiger partial charge in [-0.05, 0) is 30.9 Å². The van der Waals surface area contributed by atoms with Crippen LogP contribution in [-0.2, 0) is 0 Å². The molecule has 0 amide bonds. The summed E-state index contributed by atoms with van der Waals surface area (Å²) in [6.45, 7) is 6.89. The maximum atomic E-state index is 13.5. The number of benzene rings is 1. The standard InChI is InChI=1S/C19H28F2N4S/c1-3-16-13-25(8-9-26-16)19(22-2)23-11-14-6-7-24(12-14)15-4-5-17(20)18(21)10-15/h4-5,10,14,16H,3,6-9,11-13H2,1-2H3,(H,22,23). The summed E-state index contributed by atoms with van der Waals surface area (Å²) in [5.74, 6) is 1.03. The number of halogens is 2. The molecule has 1 aromatic rings. The zero-order valence-electron chi connectivity index (χ0n) is 15.5. The Morgan fingerprint density at radius 2 is 2.12 bits per heavy atom. The molecule has 4 nitrogen and oxygen atoms in total. The zero-order chi connectivity index (χ0) is 18.5. The number of rotatable bonds is 4. The molecule has 7 heteroatoms. The van der Waals surface area contributed by atoms with Crippen molar-refractivity contribution >= 4 is 23.4 Å². The van der Waals surface area contributed by atoms with E-state index in [0.717, 1.165) is 56.5 Å². The van der Waals surface area contributed by atoms with Crippen molar-refractivity contribution in [3.05, 3.63) is 29.8 Å². The maximum absolute atomic E-state index is 13.5. The number of thioether (sulfide) groups is 1. The lowest BCUT2D eigenvalue weighted by Gasteiger charge is -2.34. The van der Waals surface area contributed by atoms with E-state index in [-0.39, 0.29) is 0 Å². The van der Waals surface area contributed by atoms with Gasteiger partial charge in [-0.15, -0.1) is 0 Å². The normalized spacial score (nSPS) is 24.2. The maximum Gasteiger partial charge on any atom is 0.193 e. The molecule has 26 heavy (non-hydrogen) atoms. The summed E-state index contributed by atoms with van der Waals surface area (Å²) in [5.41, 5.74) is 0.759. The average Bonchev–Trinajstić information content (AvgIpc) is 3.13. The van der Waals surface area contributed by atoms with Gasteiger partial charge in [0.1, 0.15) is 0 Å². The van der Waals surface area contributed by atoms with Crippen LogP contribution in [0, 0.1) is 17.6 Å².